The van der Waals surface area contributed by atoms with E-state index in [2.05, 4.69) is 31.2 Å². The van der Waals surface area contributed by atoms with Gasteiger partial charge in [-0.3, -0.25) is 0 Å². The van der Waals surface area contributed by atoms with Crippen LogP contribution in [0.15, 0.2) is 24.3 Å². The van der Waals surface area contributed by atoms with Crippen molar-refractivity contribution in [2.24, 2.45) is 5.92 Å². The number of para-hydroxylation sites is 1. The molecular weight excluding hydrogens is 272 g/mol. The number of hydrogen-bond acceptors (Lipinski definition) is 1. The van der Waals surface area contributed by atoms with Crippen LogP contribution >= 0.6 is 0 Å². The highest BCUT2D eigenvalue weighted by molar-refractivity contribution is 5.32. The van der Waals surface area contributed by atoms with E-state index in [1.54, 1.807) is 12.0 Å². The van der Waals surface area contributed by atoms with Crippen LogP contribution in [0.4, 0.5) is 0 Å². The van der Waals surface area contributed by atoms with Crippen LogP contribution in [0.2, 0.25) is 0 Å². The molecule has 22 heavy (non-hydrogen) atoms. The van der Waals surface area contributed by atoms with Crippen molar-refractivity contribution in [2.45, 2.75) is 45.2 Å². The molecule has 0 bridgehead atoms. The summed E-state index contributed by atoms with van der Waals surface area (Å²) >= 11 is 0. The first-order valence-electron chi connectivity index (χ1n) is 9.06. The minimum absolute atomic E-state index is 0.941. The maximum atomic E-state index is 5.50. The highest BCUT2D eigenvalue weighted by Crippen LogP contribution is 2.22. The van der Waals surface area contributed by atoms with Gasteiger partial charge in [-0.15, -0.1) is 0 Å². The summed E-state index contributed by atoms with van der Waals surface area (Å²) in [7, 11) is 1.78. The zero-order chi connectivity index (χ0) is 15.4. The minimum atomic E-state index is 0.941. The third-order valence-electron chi connectivity index (χ3n) is 5.75. The van der Waals surface area contributed by atoms with Crippen LogP contribution in [0, 0.1) is 5.92 Å². The lowest BCUT2D eigenvalue weighted by Crippen LogP contribution is -3.29. The van der Waals surface area contributed by atoms with Gasteiger partial charge >= 0.3 is 0 Å². The van der Waals surface area contributed by atoms with Crippen molar-refractivity contribution in [3.8, 4) is 5.75 Å². The first kappa shape index (κ1) is 15.8. The molecule has 1 saturated carbocycles. The number of ether oxygens (including phenoxy) is 1. The minimum Gasteiger partial charge on any atom is -0.496 e. The fraction of sp³-hybridized carbons (Fsp3) is 0.684. The summed E-state index contributed by atoms with van der Waals surface area (Å²) < 4.78 is 5.50. The monoisotopic (exact) mass is 304 g/mol. The highest BCUT2D eigenvalue weighted by Gasteiger charge is 2.32. The summed E-state index contributed by atoms with van der Waals surface area (Å²) in [5.74, 6) is 2.00. The molecule has 122 valence electrons. The van der Waals surface area contributed by atoms with Gasteiger partial charge in [0, 0.05) is 12.0 Å². The smallest absolute Gasteiger partial charge is 0.127 e. The van der Waals surface area contributed by atoms with Gasteiger partial charge < -0.3 is 14.5 Å². The number of quaternary nitrogens is 2. The van der Waals surface area contributed by atoms with E-state index in [0.29, 0.717) is 0 Å². The predicted molar refractivity (Wildman–Crippen MR) is 89.5 cm³/mol. The van der Waals surface area contributed by atoms with Gasteiger partial charge in [0.05, 0.1) is 13.2 Å². The summed E-state index contributed by atoms with van der Waals surface area (Å²) in [5.41, 5.74) is 1.36. The first-order chi connectivity index (χ1) is 10.8. The second-order valence-corrected chi connectivity index (χ2v) is 7.37. The molecule has 1 saturated heterocycles. The first-order valence-corrected chi connectivity index (χ1v) is 9.06. The molecule has 0 spiro atoms. The Hall–Kier alpha value is -1.06. The maximum Gasteiger partial charge on any atom is 0.127 e. The second-order valence-electron chi connectivity index (χ2n) is 7.37. The van der Waals surface area contributed by atoms with Gasteiger partial charge in [-0.2, -0.15) is 0 Å². The Balaban J connectivity index is 1.51. The van der Waals surface area contributed by atoms with Gasteiger partial charge in [0.15, 0.2) is 0 Å². The third kappa shape index (κ3) is 3.82. The summed E-state index contributed by atoms with van der Waals surface area (Å²) in [6.07, 6.45) is 5.82. The van der Waals surface area contributed by atoms with E-state index in [1.165, 1.54) is 57.4 Å². The number of methoxy groups -OCH3 is 1. The van der Waals surface area contributed by atoms with Crippen molar-refractivity contribution in [2.75, 3.05) is 33.3 Å². The molecule has 1 aliphatic heterocycles. The van der Waals surface area contributed by atoms with Crippen molar-refractivity contribution in [1.82, 2.24) is 0 Å². The van der Waals surface area contributed by atoms with E-state index in [4.69, 9.17) is 4.74 Å². The van der Waals surface area contributed by atoms with Crippen LogP contribution in [0.3, 0.4) is 0 Å². The summed E-state index contributed by atoms with van der Waals surface area (Å²) in [6.45, 7) is 8.85. The number of hydrogen-bond donors (Lipinski definition) is 2. The lowest BCUT2D eigenvalue weighted by molar-refractivity contribution is -1.03. The maximum absolute atomic E-state index is 5.50. The number of nitrogens with one attached hydrogen (secondary N) is 2. The molecule has 0 unspecified atom stereocenters. The molecule has 1 aromatic rings. The van der Waals surface area contributed by atoms with Crippen molar-refractivity contribution in [3.63, 3.8) is 0 Å². The Morgan fingerprint density at radius 3 is 2.59 bits per heavy atom. The van der Waals surface area contributed by atoms with Crippen LogP contribution in [0.25, 0.3) is 0 Å². The highest BCUT2D eigenvalue weighted by atomic mass is 16.5. The molecule has 0 aromatic heterocycles. The summed E-state index contributed by atoms with van der Waals surface area (Å²) in [4.78, 5) is 3.60. The second kappa shape index (κ2) is 7.47. The Kier molecular flexibility index (Phi) is 5.37. The van der Waals surface area contributed by atoms with E-state index in [9.17, 15) is 0 Å². The molecular formula is C19H32N2O+2. The standard InChI is InChI=1S/C19H30N2O/c1-16-6-5-8-18(14-16)21-12-10-20(11-13-21)15-17-7-3-4-9-19(17)22-2/h3-4,7,9,16,18H,5-6,8,10-15H2,1-2H3/p+2/t16-,18+/m0/s1. The van der Waals surface area contributed by atoms with Gasteiger partial charge in [0.2, 0.25) is 0 Å². The number of benzene rings is 1. The van der Waals surface area contributed by atoms with Crippen LogP contribution in [-0.2, 0) is 6.54 Å². The van der Waals surface area contributed by atoms with E-state index < -0.39 is 0 Å². The van der Waals surface area contributed by atoms with Crippen LogP contribution in [0.5, 0.6) is 5.75 Å². The van der Waals surface area contributed by atoms with E-state index >= 15 is 0 Å². The van der Waals surface area contributed by atoms with E-state index in [-0.39, 0.29) is 0 Å². The molecule has 3 heteroatoms. The average Bonchev–Trinajstić information content (AvgIpc) is 2.56. The predicted octanol–water partition coefficient (Wildman–Crippen LogP) is 0.557. The van der Waals surface area contributed by atoms with Crippen molar-refractivity contribution in [1.29, 1.82) is 0 Å². The normalized spacial score (nSPS) is 32.6. The van der Waals surface area contributed by atoms with Crippen molar-refractivity contribution in [3.05, 3.63) is 29.8 Å². The lowest BCUT2D eigenvalue weighted by atomic mass is 9.86. The molecule has 2 atom stereocenters. The fourth-order valence-corrected chi connectivity index (χ4v) is 4.43. The molecule has 1 heterocycles. The Morgan fingerprint density at radius 2 is 1.86 bits per heavy atom. The SMILES string of the molecule is COc1ccccc1C[NH+]1CC[NH+]([C@@H]2CCC[C@H](C)C2)CC1. The zero-order valence-electron chi connectivity index (χ0n) is 14.2. The molecule has 3 rings (SSSR count). The molecule has 3 nitrogen and oxygen atoms in total. The van der Waals surface area contributed by atoms with Gasteiger partial charge in [-0.05, 0) is 30.9 Å². The Labute approximate surface area is 135 Å². The topological polar surface area (TPSA) is 18.1 Å². The molecule has 2 aliphatic rings. The average molecular weight is 304 g/mol. The zero-order valence-corrected chi connectivity index (χ0v) is 14.2. The molecule has 2 N–H and O–H groups in total. The Morgan fingerprint density at radius 1 is 1.09 bits per heavy atom. The summed E-state index contributed by atoms with van der Waals surface area (Å²) in [5, 5.41) is 0. The molecule has 2 fully saturated rings. The van der Waals surface area contributed by atoms with Gasteiger partial charge in [-0.1, -0.05) is 25.5 Å². The molecule has 1 aliphatic carbocycles. The quantitative estimate of drug-likeness (QED) is 0.832. The summed E-state index contributed by atoms with van der Waals surface area (Å²) in [6, 6.07) is 9.43. The van der Waals surface area contributed by atoms with Gasteiger partial charge in [0.25, 0.3) is 0 Å². The van der Waals surface area contributed by atoms with E-state index in [0.717, 1.165) is 24.3 Å². The van der Waals surface area contributed by atoms with Crippen LogP contribution in [-0.4, -0.2) is 39.3 Å². The fourth-order valence-electron chi connectivity index (χ4n) is 4.43. The van der Waals surface area contributed by atoms with Crippen LogP contribution in [0.1, 0.15) is 38.2 Å². The Bertz CT molecular complexity index is 468. The molecule has 0 radical (unpaired) electrons. The number of piperazine rings is 1. The lowest BCUT2D eigenvalue weighted by Gasteiger charge is -2.37. The van der Waals surface area contributed by atoms with Crippen molar-refractivity contribution < 1.29 is 14.5 Å². The van der Waals surface area contributed by atoms with Crippen LogP contribution < -0.4 is 14.5 Å². The molecule has 0 amide bonds. The van der Waals surface area contributed by atoms with Gasteiger partial charge in [-0.25, -0.2) is 0 Å². The van der Waals surface area contributed by atoms with Gasteiger partial charge in [0.1, 0.15) is 38.5 Å². The number of rotatable bonds is 4. The third-order valence-corrected chi connectivity index (χ3v) is 5.75. The van der Waals surface area contributed by atoms with Crippen molar-refractivity contribution >= 4 is 0 Å². The van der Waals surface area contributed by atoms with E-state index in [1.807, 2.05) is 4.90 Å². The largest absolute Gasteiger partial charge is 0.496 e. The molecule has 1 aromatic carbocycles.